The normalized spacial score (nSPS) is 44.7. The molecule has 1 aromatic rings. The van der Waals surface area contributed by atoms with Crippen molar-refractivity contribution >= 4 is 5.91 Å². The number of carbonyl (C=O) groups excluding carboxylic acids is 1. The summed E-state index contributed by atoms with van der Waals surface area (Å²) in [5.41, 5.74) is 5.08. The first-order valence-corrected chi connectivity index (χ1v) is 11.5. The molecule has 4 saturated carbocycles. The molecule has 5 aliphatic rings. The Labute approximate surface area is 173 Å². The fourth-order valence-corrected chi connectivity index (χ4v) is 8.95. The lowest BCUT2D eigenvalue weighted by atomic mass is 9.19. The SMILES string of the molecule is CCOC[C@@]12CC3CC4(C(=O)NN5CCNCC5)C[C@](c5ccccc5)(C1)C42C3. The Balaban J connectivity index is 1.37. The van der Waals surface area contributed by atoms with Crippen LogP contribution in [-0.4, -0.2) is 50.3 Å². The Morgan fingerprint density at radius 3 is 2.72 bits per heavy atom. The monoisotopic (exact) mass is 395 g/mol. The van der Waals surface area contributed by atoms with Crippen LogP contribution in [-0.2, 0) is 14.9 Å². The minimum absolute atomic E-state index is 0.0896. The van der Waals surface area contributed by atoms with Gasteiger partial charge in [0.15, 0.2) is 0 Å². The molecular formula is C24H33N3O2. The van der Waals surface area contributed by atoms with Gasteiger partial charge in [0.25, 0.3) is 0 Å². The van der Waals surface area contributed by atoms with Crippen molar-refractivity contribution in [3.8, 4) is 0 Å². The molecule has 1 spiro atoms. The highest BCUT2D eigenvalue weighted by Crippen LogP contribution is 2.95. The second-order valence-electron chi connectivity index (χ2n) is 10.4. The van der Waals surface area contributed by atoms with Crippen LogP contribution in [0, 0.1) is 22.2 Å². The van der Waals surface area contributed by atoms with Gasteiger partial charge in [-0.1, -0.05) is 30.3 Å². The molecular weight excluding hydrogens is 362 g/mol. The van der Waals surface area contributed by atoms with Crippen LogP contribution < -0.4 is 10.7 Å². The van der Waals surface area contributed by atoms with Crippen LogP contribution in [0.3, 0.4) is 0 Å². The molecule has 6 rings (SSSR count). The molecule has 1 aliphatic heterocycles. The van der Waals surface area contributed by atoms with Gasteiger partial charge in [-0.3, -0.25) is 10.2 Å². The van der Waals surface area contributed by atoms with E-state index in [1.54, 1.807) is 0 Å². The summed E-state index contributed by atoms with van der Waals surface area (Å²) < 4.78 is 6.06. The van der Waals surface area contributed by atoms with Crippen molar-refractivity contribution in [3.05, 3.63) is 35.9 Å². The number of rotatable bonds is 6. The lowest BCUT2D eigenvalue weighted by molar-refractivity contribution is -0.321. The van der Waals surface area contributed by atoms with Gasteiger partial charge in [0.05, 0.1) is 12.0 Å². The third kappa shape index (κ3) is 2.00. The molecule has 5 atom stereocenters. The number of nitrogens with one attached hydrogen (secondary N) is 2. The summed E-state index contributed by atoms with van der Waals surface area (Å²) in [5, 5.41) is 5.52. The molecule has 1 amide bonds. The lowest BCUT2D eigenvalue weighted by Crippen LogP contribution is -2.84. The smallest absolute Gasteiger partial charge is 0.241 e. The van der Waals surface area contributed by atoms with Crippen molar-refractivity contribution in [1.82, 2.24) is 15.8 Å². The Hall–Kier alpha value is -1.43. The standard InChI is InChI=1S/C24H33N3O2/c1-2-29-17-21-12-18-13-22(20(28)26-27-10-8-25-9-11-27)16-23(15-21,24(21,22)14-18)19-6-4-3-5-7-19/h3-7,18,25H,2,8-17H2,1H3,(H,26,28)/t18?,21-,22?,23+,24?/m1/s1. The van der Waals surface area contributed by atoms with Gasteiger partial charge in [0.2, 0.25) is 5.91 Å². The molecule has 2 N–H and O–H groups in total. The summed E-state index contributed by atoms with van der Waals surface area (Å²) in [6.45, 7) is 7.37. The second-order valence-corrected chi connectivity index (χ2v) is 10.4. The quantitative estimate of drug-likeness (QED) is 0.777. The molecule has 1 saturated heterocycles. The number of hydrogen-bond acceptors (Lipinski definition) is 4. The lowest BCUT2D eigenvalue weighted by Gasteiger charge is -2.83. The molecule has 1 heterocycles. The highest BCUT2D eigenvalue weighted by atomic mass is 16.5. The van der Waals surface area contributed by atoms with Crippen molar-refractivity contribution in [3.63, 3.8) is 0 Å². The number of hydrogen-bond donors (Lipinski definition) is 2. The van der Waals surface area contributed by atoms with E-state index in [4.69, 9.17) is 4.74 Å². The minimum Gasteiger partial charge on any atom is -0.381 e. The van der Waals surface area contributed by atoms with Crippen molar-refractivity contribution in [2.75, 3.05) is 39.4 Å². The topological polar surface area (TPSA) is 53.6 Å². The molecule has 2 bridgehead atoms. The number of carbonyl (C=O) groups is 1. The predicted molar refractivity (Wildman–Crippen MR) is 111 cm³/mol. The van der Waals surface area contributed by atoms with E-state index in [0.29, 0.717) is 11.8 Å². The molecule has 4 aliphatic carbocycles. The Kier molecular flexibility index (Phi) is 3.83. The molecule has 5 fully saturated rings. The van der Waals surface area contributed by atoms with Crippen LogP contribution in [0.15, 0.2) is 30.3 Å². The van der Waals surface area contributed by atoms with Crippen molar-refractivity contribution in [1.29, 1.82) is 0 Å². The first-order valence-electron chi connectivity index (χ1n) is 11.5. The average molecular weight is 396 g/mol. The highest BCUT2D eigenvalue weighted by Gasteiger charge is 2.94. The number of fused-ring (bicyclic) bond motifs is 1. The van der Waals surface area contributed by atoms with E-state index in [1.807, 2.05) is 0 Å². The van der Waals surface area contributed by atoms with Gasteiger partial charge in [-0.2, -0.15) is 0 Å². The molecule has 0 radical (unpaired) electrons. The molecule has 3 unspecified atom stereocenters. The minimum atomic E-state index is -0.202. The van der Waals surface area contributed by atoms with Crippen LogP contribution >= 0.6 is 0 Å². The van der Waals surface area contributed by atoms with Gasteiger partial charge in [-0.05, 0) is 50.5 Å². The molecule has 156 valence electrons. The number of nitrogens with zero attached hydrogens (tertiary/aromatic N) is 1. The first-order chi connectivity index (χ1) is 14.1. The third-order valence-electron chi connectivity index (χ3n) is 9.41. The Morgan fingerprint density at radius 2 is 1.97 bits per heavy atom. The molecule has 1 aromatic carbocycles. The van der Waals surface area contributed by atoms with Gasteiger partial charge in [-0.25, -0.2) is 5.01 Å². The Bertz CT molecular complexity index is 825. The number of piperazine rings is 1. The maximum absolute atomic E-state index is 13.8. The molecule has 0 aromatic heterocycles. The van der Waals surface area contributed by atoms with Crippen LogP contribution in [0.5, 0.6) is 0 Å². The zero-order valence-corrected chi connectivity index (χ0v) is 17.5. The highest BCUT2D eigenvalue weighted by molar-refractivity contribution is 5.88. The van der Waals surface area contributed by atoms with Gasteiger partial charge in [-0.15, -0.1) is 0 Å². The number of benzene rings is 1. The van der Waals surface area contributed by atoms with Gasteiger partial charge < -0.3 is 10.1 Å². The summed E-state index contributed by atoms with van der Waals surface area (Å²) in [5.74, 6) is 0.978. The Morgan fingerprint density at radius 1 is 1.17 bits per heavy atom. The van der Waals surface area contributed by atoms with E-state index in [9.17, 15) is 4.79 Å². The summed E-state index contributed by atoms with van der Waals surface area (Å²) in [4.78, 5) is 13.8. The number of ether oxygens (including phenoxy) is 1. The van der Waals surface area contributed by atoms with Crippen LogP contribution in [0.1, 0.15) is 44.6 Å². The van der Waals surface area contributed by atoms with Crippen molar-refractivity contribution in [2.45, 2.75) is 44.4 Å². The fourth-order valence-electron chi connectivity index (χ4n) is 8.95. The fraction of sp³-hybridized carbons (Fsp3) is 0.708. The molecule has 5 nitrogen and oxygen atoms in total. The maximum atomic E-state index is 13.8. The zero-order chi connectivity index (χ0) is 19.7. The molecule has 29 heavy (non-hydrogen) atoms. The van der Waals surface area contributed by atoms with Gasteiger partial charge >= 0.3 is 0 Å². The van der Waals surface area contributed by atoms with Crippen molar-refractivity contribution < 1.29 is 9.53 Å². The van der Waals surface area contributed by atoms with E-state index >= 15 is 0 Å². The average Bonchev–Trinajstić information content (AvgIpc) is 3.21. The zero-order valence-electron chi connectivity index (χ0n) is 17.5. The third-order valence-corrected chi connectivity index (χ3v) is 9.41. The van der Waals surface area contributed by atoms with Crippen LogP contribution in [0.25, 0.3) is 0 Å². The number of amides is 1. The van der Waals surface area contributed by atoms with E-state index in [2.05, 4.69) is 53.0 Å². The summed E-state index contributed by atoms with van der Waals surface area (Å²) in [6.07, 6.45) is 5.76. The van der Waals surface area contributed by atoms with E-state index < -0.39 is 0 Å². The van der Waals surface area contributed by atoms with E-state index in [-0.39, 0.29) is 21.7 Å². The maximum Gasteiger partial charge on any atom is 0.241 e. The second kappa shape index (κ2) is 6.05. The summed E-state index contributed by atoms with van der Waals surface area (Å²) >= 11 is 0. The van der Waals surface area contributed by atoms with Crippen LogP contribution in [0.2, 0.25) is 0 Å². The van der Waals surface area contributed by atoms with Crippen LogP contribution in [0.4, 0.5) is 0 Å². The van der Waals surface area contributed by atoms with E-state index in [1.165, 1.54) is 24.8 Å². The van der Waals surface area contributed by atoms with Gasteiger partial charge in [0, 0.05) is 49.0 Å². The van der Waals surface area contributed by atoms with Crippen molar-refractivity contribution in [2.24, 2.45) is 22.2 Å². The molecule has 5 heteroatoms. The summed E-state index contributed by atoms with van der Waals surface area (Å²) in [6, 6.07) is 11.1. The van der Waals surface area contributed by atoms with Gasteiger partial charge in [0.1, 0.15) is 0 Å². The summed E-state index contributed by atoms with van der Waals surface area (Å²) in [7, 11) is 0. The number of hydrazine groups is 1. The van der Waals surface area contributed by atoms with E-state index in [0.717, 1.165) is 52.2 Å². The largest absolute Gasteiger partial charge is 0.381 e. The first kappa shape index (κ1) is 18.3. The predicted octanol–water partition coefficient (Wildman–Crippen LogP) is 2.48.